The van der Waals surface area contributed by atoms with Crippen molar-refractivity contribution in [1.82, 2.24) is 14.9 Å². The normalized spacial score (nSPS) is 24.3. The van der Waals surface area contributed by atoms with E-state index in [0.717, 1.165) is 75.2 Å². The topological polar surface area (TPSA) is 49.3 Å². The molecule has 0 spiro atoms. The first-order chi connectivity index (χ1) is 14.6. The molecular formula is C25H32N4O. The van der Waals surface area contributed by atoms with Gasteiger partial charge in [0, 0.05) is 47.9 Å². The minimum Gasteiger partial charge on any atom is -0.356 e. The Balaban J connectivity index is 1.35. The third kappa shape index (κ3) is 3.48. The first kappa shape index (κ1) is 19.5. The van der Waals surface area contributed by atoms with E-state index >= 15 is 0 Å². The number of amides is 1. The molecule has 1 aromatic carbocycles. The van der Waals surface area contributed by atoms with Gasteiger partial charge in [0.05, 0.1) is 0 Å². The van der Waals surface area contributed by atoms with Crippen LogP contribution in [0.4, 0.5) is 5.82 Å². The second-order valence-electron chi connectivity index (χ2n) is 9.30. The number of carbonyl (C=O) groups is 1. The molecule has 0 unspecified atom stereocenters. The summed E-state index contributed by atoms with van der Waals surface area (Å²) in [4.78, 5) is 27.7. The Labute approximate surface area is 179 Å². The molecule has 0 saturated carbocycles. The van der Waals surface area contributed by atoms with E-state index in [1.54, 1.807) is 0 Å². The van der Waals surface area contributed by atoms with Gasteiger partial charge in [-0.2, -0.15) is 0 Å². The molecular weight excluding hydrogens is 372 g/mol. The summed E-state index contributed by atoms with van der Waals surface area (Å²) in [5, 5.41) is 0. The third-order valence-electron chi connectivity index (χ3n) is 7.29. The first-order valence-electron chi connectivity index (χ1n) is 11.6. The zero-order valence-electron chi connectivity index (χ0n) is 18.2. The molecule has 1 aliphatic carbocycles. The molecule has 3 heterocycles. The zero-order chi connectivity index (χ0) is 20.7. The Morgan fingerprint density at radius 2 is 1.63 bits per heavy atom. The standard InChI is InChI=1S/C25H32N4O/c1-17-11-12-18(2)29(17)25(30)20-13-15-28(16-14-20)24-21-9-6-10-22(21)26-23(27-24)19-7-4-3-5-8-19/h3-5,7-8,17-18,20H,6,9-16H2,1-2H3/t17-,18+. The van der Waals surface area contributed by atoms with Crippen molar-refractivity contribution in [2.24, 2.45) is 5.92 Å². The highest BCUT2D eigenvalue weighted by atomic mass is 16.2. The molecule has 0 radical (unpaired) electrons. The van der Waals surface area contributed by atoms with Crippen molar-refractivity contribution in [2.75, 3.05) is 18.0 Å². The maximum atomic E-state index is 13.2. The summed E-state index contributed by atoms with van der Waals surface area (Å²) < 4.78 is 0. The molecule has 0 bridgehead atoms. The number of rotatable bonds is 3. The summed E-state index contributed by atoms with van der Waals surface area (Å²) >= 11 is 0. The lowest BCUT2D eigenvalue weighted by atomic mass is 9.94. The fraction of sp³-hybridized carbons (Fsp3) is 0.560. The van der Waals surface area contributed by atoms with Crippen LogP contribution in [-0.4, -0.2) is 45.9 Å². The van der Waals surface area contributed by atoms with Gasteiger partial charge in [-0.3, -0.25) is 4.79 Å². The summed E-state index contributed by atoms with van der Waals surface area (Å²) in [6, 6.07) is 11.1. The van der Waals surface area contributed by atoms with Crippen molar-refractivity contribution in [3.05, 3.63) is 41.6 Å². The summed E-state index contributed by atoms with van der Waals surface area (Å²) in [6.07, 6.45) is 7.41. The fourth-order valence-electron chi connectivity index (χ4n) is 5.57. The van der Waals surface area contributed by atoms with Crippen LogP contribution in [0.3, 0.4) is 0 Å². The third-order valence-corrected chi connectivity index (χ3v) is 7.29. The van der Waals surface area contributed by atoms with Crippen molar-refractivity contribution in [1.29, 1.82) is 0 Å². The molecule has 2 atom stereocenters. The Kier molecular flexibility index (Phi) is 5.21. The van der Waals surface area contributed by atoms with Crippen LogP contribution in [-0.2, 0) is 17.6 Å². The van der Waals surface area contributed by atoms with E-state index in [2.05, 4.69) is 35.8 Å². The predicted octanol–water partition coefficient (Wildman–Crippen LogP) is 4.25. The molecule has 5 rings (SSSR count). The lowest BCUT2D eigenvalue weighted by Crippen LogP contribution is -2.46. The van der Waals surface area contributed by atoms with Gasteiger partial charge in [-0.1, -0.05) is 30.3 Å². The number of aryl methyl sites for hydroxylation is 1. The number of benzene rings is 1. The highest BCUT2D eigenvalue weighted by Crippen LogP contribution is 2.35. The van der Waals surface area contributed by atoms with E-state index in [-0.39, 0.29) is 5.92 Å². The van der Waals surface area contributed by atoms with Crippen LogP contribution in [0.5, 0.6) is 0 Å². The van der Waals surface area contributed by atoms with Gasteiger partial charge in [-0.05, 0) is 58.8 Å². The van der Waals surface area contributed by atoms with Gasteiger partial charge >= 0.3 is 0 Å². The number of anilines is 1. The minimum atomic E-state index is 0.160. The highest BCUT2D eigenvalue weighted by molar-refractivity contribution is 5.80. The average molecular weight is 405 g/mol. The summed E-state index contributed by atoms with van der Waals surface area (Å²) in [5.41, 5.74) is 3.63. The van der Waals surface area contributed by atoms with Gasteiger partial charge in [-0.25, -0.2) is 9.97 Å². The largest absolute Gasteiger partial charge is 0.356 e. The Morgan fingerprint density at radius 3 is 2.33 bits per heavy atom. The Hall–Kier alpha value is -2.43. The number of carbonyl (C=O) groups excluding carboxylic acids is 1. The summed E-state index contributed by atoms with van der Waals surface area (Å²) in [6.45, 7) is 6.22. The van der Waals surface area contributed by atoms with Gasteiger partial charge in [0.2, 0.25) is 5.91 Å². The molecule has 30 heavy (non-hydrogen) atoms. The number of likely N-dealkylation sites (tertiary alicyclic amines) is 1. The molecule has 5 nitrogen and oxygen atoms in total. The molecule has 158 valence electrons. The molecule has 1 amide bonds. The van der Waals surface area contributed by atoms with E-state index in [1.807, 2.05) is 18.2 Å². The lowest BCUT2D eigenvalue weighted by molar-refractivity contribution is -0.138. The van der Waals surface area contributed by atoms with Crippen LogP contribution in [0.2, 0.25) is 0 Å². The first-order valence-corrected chi connectivity index (χ1v) is 11.6. The molecule has 5 heteroatoms. The number of fused-ring (bicyclic) bond motifs is 1. The molecule has 1 aromatic heterocycles. The second-order valence-corrected chi connectivity index (χ2v) is 9.30. The van der Waals surface area contributed by atoms with Gasteiger partial charge in [0.25, 0.3) is 0 Å². The predicted molar refractivity (Wildman–Crippen MR) is 119 cm³/mol. The van der Waals surface area contributed by atoms with Crippen molar-refractivity contribution in [3.8, 4) is 11.4 Å². The van der Waals surface area contributed by atoms with Crippen molar-refractivity contribution in [3.63, 3.8) is 0 Å². The van der Waals surface area contributed by atoms with Crippen LogP contribution >= 0.6 is 0 Å². The number of nitrogens with zero attached hydrogens (tertiary/aromatic N) is 4. The quantitative estimate of drug-likeness (QED) is 0.767. The molecule has 2 aromatic rings. The smallest absolute Gasteiger partial charge is 0.226 e. The van der Waals surface area contributed by atoms with Crippen LogP contribution in [0, 0.1) is 5.92 Å². The van der Waals surface area contributed by atoms with E-state index in [0.29, 0.717) is 18.0 Å². The number of piperidine rings is 1. The maximum absolute atomic E-state index is 13.2. The van der Waals surface area contributed by atoms with E-state index in [1.165, 1.54) is 11.3 Å². The fourth-order valence-corrected chi connectivity index (χ4v) is 5.57. The molecule has 2 fully saturated rings. The number of hydrogen-bond acceptors (Lipinski definition) is 4. The summed E-state index contributed by atoms with van der Waals surface area (Å²) in [5.74, 6) is 2.49. The highest BCUT2D eigenvalue weighted by Gasteiger charge is 2.37. The van der Waals surface area contributed by atoms with Gasteiger partial charge in [-0.15, -0.1) is 0 Å². The Morgan fingerprint density at radius 1 is 0.933 bits per heavy atom. The Bertz CT molecular complexity index is 910. The molecule has 2 aliphatic heterocycles. The van der Waals surface area contributed by atoms with E-state index < -0.39 is 0 Å². The summed E-state index contributed by atoms with van der Waals surface area (Å²) in [7, 11) is 0. The SMILES string of the molecule is C[C@@H]1CC[C@H](C)N1C(=O)C1CCN(c2nc(-c3ccccc3)nc3c2CCC3)CC1. The average Bonchev–Trinajstić information content (AvgIpc) is 3.39. The molecule has 0 N–H and O–H groups in total. The molecule has 3 aliphatic rings. The van der Waals surface area contributed by atoms with Crippen molar-refractivity contribution in [2.45, 2.75) is 70.9 Å². The van der Waals surface area contributed by atoms with Crippen LogP contribution in [0.15, 0.2) is 30.3 Å². The van der Waals surface area contributed by atoms with Gasteiger partial charge in [0.1, 0.15) is 5.82 Å². The number of aromatic nitrogens is 2. The molecule has 2 saturated heterocycles. The monoisotopic (exact) mass is 404 g/mol. The number of hydrogen-bond donors (Lipinski definition) is 0. The minimum absolute atomic E-state index is 0.160. The second kappa shape index (κ2) is 8.01. The van der Waals surface area contributed by atoms with E-state index in [9.17, 15) is 4.79 Å². The van der Waals surface area contributed by atoms with Crippen LogP contribution < -0.4 is 4.90 Å². The zero-order valence-corrected chi connectivity index (χ0v) is 18.2. The lowest BCUT2D eigenvalue weighted by Gasteiger charge is -2.37. The maximum Gasteiger partial charge on any atom is 0.226 e. The van der Waals surface area contributed by atoms with Crippen LogP contribution in [0.25, 0.3) is 11.4 Å². The van der Waals surface area contributed by atoms with Crippen LogP contribution in [0.1, 0.15) is 57.2 Å². The van der Waals surface area contributed by atoms with Gasteiger partial charge < -0.3 is 9.80 Å². The van der Waals surface area contributed by atoms with Crippen molar-refractivity contribution >= 4 is 11.7 Å². The van der Waals surface area contributed by atoms with E-state index in [4.69, 9.17) is 9.97 Å². The van der Waals surface area contributed by atoms with Crippen molar-refractivity contribution < 1.29 is 4.79 Å². The van der Waals surface area contributed by atoms with Gasteiger partial charge in [0.15, 0.2) is 5.82 Å².